The first-order chi connectivity index (χ1) is 8.76. The molecule has 1 saturated heterocycles. The number of sulfonamides is 4. The Labute approximate surface area is 117 Å². The Balaban J connectivity index is 2.93. The van der Waals surface area contributed by atoms with E-state index in [0.29, 0.717) is 4.90 Å². The first-order valence-corrected chi connectivity index (χ1v) is 11.6. The van der Waals surface area contributed by atoms with E-state index in [4.69, 9.17) is 0 Å². The van der Waals surface area contributed by atoms with Gasteiger partial charge < -0.3 is 0 Å². The third-order valence-corrected chi connectivity index (χ3v) is 8.88. The van der Waals surface area contributed by atoms with Crippen molar-refractivity contribution in [1.82, 2.24) is 13.2 Å². The average Bonchev–Trinajstić information content (AvgIpc) is 2.08. The fourth-order valence-electron chi connectivity index (χ4n) is 1.36. The Bertz CT molecular complexity index is 743. The largest absolute Gasteiger partial charge is 0.258 e. The van der Waals surface area contributed by atoms with E-state index in [1.807, 2.05) is 0 Å². The van der Waals surface area contributed by atoms with Crippen molar-refractivity contribution < 1.29 is 33.7 Å². The van der Waals surface area contributed by atoms with Crippen LogP contribution < -0.4 is 8.25 Å². The van der Waals surface area contributed by atoms with Crippen LogP contribution >= 0.6 is 0 Å². The summed E-state index contributed by atoms with van der Waals surface area (Å²) in [6.07, 6.45) is 0. The molecule has 0 spiro atoms. The van der Waals surface area contributed by atoms with Crippen molar-refractivity contribution in [2.24, 2.45) is 0 Å². The maximum absolute atomic E-state index is 11.6. The zero-order valence-corrected chi connectivity index (χ0v) is 13.4. The topological polar surface area (TPSA) is 164 Å². The van der Waals surface area contributed by atoms with E-state index in [9.17, 15) is 33.7 Å². The fourth-order valence-corrected chi connectivity index (χ4v) is 7.89. The summed E-state index contributed by atoms with van der Waals surface area (Å²) in [4.78, 5) is 0.578. The SMILES string of the molecule is CCS(=O)(=O)NS(=O)(=O)CN1CS(=O)(=O)NS(=O)(=O)C1. The Morgan fingerprint density at radius 3 is 1.85 bits per heavy atom. The summed E-state index contributed by atoms with van der Waals surface area (Å²) < 4.78 is 93.1. The smallest absolute Gasteiger partial charge is 0.237 e. The number of hydrogen-bond donors (Lipinski definition) is 2. The fraction of sp³-hybridized carbons (Fsp3) is 1.00. The van der Waals surface area contributed by atoms with Gasteiger partial charge in [0.25, 0.3) is 0 Å². The zero-order chi connectivity index (χ0) is 15.8. The van der Waals surface area contributed by atoms with E-state index < -0.39 is 63.5 Å². The molecule has 0 atom stereocenters. The van der Waals surface area contributed by atoms with Gasteiger partial charge in [-0.05, 0) is 6.92 Å². The van der Waals surface area contributed by atoms with Crippen molar-refractivity contribution in [3.63, 3.8) is 0 Å². The molecule has 120 valence electrons. The zero-order valence-electron chi connectivity index (χ0n) is 10.2. The third-order valence-electron chi connectivity index (χ3n) is 1.95. The first-order valence-electron chi connectivity index (χ1n) is 4.96. The van der Waals surface area contributed by atoms with Crippen molar-refractivity contribution in [1.29, 1.82) is 0 Å². The summed E-state index contributed by atoms with van der Waals surface area (Å²) in [5.41, 5.74) is 0. The van der Waals surface area contributed by atoms with Gasteiger partial charge in [-0.2, -0.15) is 0 Å². The molecule has 20 heavy (non-hydrogen) atoms. The Morgan fingerprint density at radius 2 is 1.45 bits per heavy atom. The summed E-state index contributed by atoms with van der Waals surface area (Å²) in [7, 11) is -16.9. The molecule has 1 aliphatic rings. The monoisotopic (exact) mass is 371 g/mol. The molecule has 2 N–H and O–H groups in total. The van der Waals surface area contributed by atoms with Gasteiger partial charge in [0.1, 0.15) is 17.6 Å². The summed E-state index contributed by atoms with van der Waals surface area (Å²) in [5, 5.41) is 0. The minimum Gasteiger partial charge on any atom is -0.258 e. The van der Waals surface area contributed by atoms with Gasteiger partial charge in [-0.1, -0.05) is 0 Å². The molecule has 11 nitrogen and oxygen atoms in total. The van der Waals surface area contributed by atoms with E-state index in [-0.39, 0.29) is 0 Å². The van der Waals surface area contributed by atoms with Crippen molar-refractivity contribution in [2.45, 2.75) is 6.92 Å². The Morgan fingerprint density at radius 1 is 1.00 bits per heavy atom. The standard InChI is InChI=1S/C5H13N3O8S4/c1-2-17(9,10)6-18(11,12)3-8-4-19(13,14)7-20(15,16)5-8/h6-7H,2-5H2,1H3. The molecule has 1 fully saturated rings. The molecule has 0 aliphatic carbocycles. The molecule has 0 saturated carbocycles. The number of nitrogens with one attached hydrogen (secondary N) is 2. The van der Waals surface area contributed by atoms with Gasteiger partial charge in [0.2, 0.25) is 40.1 Å². The second-order valence-corrected chi connectivity index (χ2v) is 11.6. The molecule has 1 heterocycles. The van der Waals surface area contributed by atoms with E-state index >= 15 is 0 Å². The van der Waals surface area contributed by atoms with Gasteiger partial charge in [-0.25, -0.2) is 33.7 Å². The molecule has 0 aromatic carbocycles. The molecule has 0 aromatic rings. The highest BCUT2D eigenvalue weighted by Crippen LogP contribution is 2.08. The predicted octanol–water partition coefficient (Wildman–Crippen LogP) is -3.31. The third kappa shape index (κ3) is 5.58. The highest BCUT2D eigenvalue weighted by molar-refractivity contribution is 8.05. The summed E-state index contributed by atoms with van der Waals surface area (Å²) >= 11 is 0. The maximum atomic E-state index is 11.6. The van der Waals surface area contributed by atoms with Crippen molar-refractivity contribution in [3.05, 3.63) is 0 Å². The van der Waals surface area contributed by atoms with Gasteiger partial charge in [0, 0.05) is 0 Å². The lowest BCUT2D eigenvalue weighted by molar-refractivity contribution is 0.392. The Hall–Kier alpha value is -0.320. The molecule has 0 aromatic heterocycles. The van der Waals surface area contributed by atoms with Crippen LogP contribution in [-0.2, 0) is 40.1 Å². The molecule has 0 bridgehead atoms. The van der Waals surface area contributed by atoms with Crippen molar-refractivity contribution in [3.8, 4) is 0 Å². The molecular formula is C5H13N3O8S4. The van der Waals surface area contributed by atoms with Gasteiger partial charge >= 0.3 is 0 Å². The minimum atomic E-state index is -4.42. The van der Waals surface area contributed by atoms with Gasteiger partial charge in [0.15, 0.2) is 0 Å². The highest BCUT2D eigenvalue weighted by Gasteiger charge is 2.35. The number of rotatable bonds is 5. The van der Waals surface area contributed by atoms with Crippen LogP contribution in [0.2, 0.25) is 0 Å². The molecule has 1 rings (SSSR count). The Kier molecular flexibility index (Phi) is 4.85. The van der Waals surface area contributed by atoms with E-state index in [0.717, 1.165) is 0 Å². The second kappa shape index (κ2) is 5.47. The van der Waals surface area contributed by atoms with E-state index in [2.05, 4.69) is 0 Å². The van der Waals surface area contributed by atoms with Crippen LogP contribution in [0.3, 0.4) is 0 Å². The normalized spacial score (nSPS) is 23.4. The first kappa shape index (κ1) is 17.7. The highest BCUT2D eigenvalue weighted by atomic mass is 32.3. The maximum Gasteiger partial charge on any atom is 0.237 e. The second-order valence-electron chi connectivity index (χ2n) is 3.97. The lowest BCUT2D eigenvalue weighted by Gasteiger charge is -2.26. The van der Waals surface area contributed by atoms with Gasteiger partial charge in [-0.3, -0.25) is 4.90 Å². The molecule has 15 heteroatoms. The summed E-state index contributed by atoms with van der Waals surface area (Å²) in [6.45, 7) is 1.21. The van der Waals surface area contributed by atoms with Crippen LogP contribution in [0.15, 0.2) is 0 Å². The average molecular weight is 371 g/mol. The van der Waals surface area contributed by atoms with Gasteiger partial charge in [-0.15, -0.1) is 8.25 Å². The quantitative estimate of drug-likeness (QED) is 0.503. The van der Waals surface area contributed by atoms with Crippen LogP contribution in [0, 0.1) is 0 Å². The molecular weight excluding hydrogens is 358 g/mol. The summed E-state index contributed by atoms with van der Waals surface area (Å²) in [6, 6.07) is 0. The number of hydrogen-bond acceptors (Lipinski definition) is 9. The lowest BCUT2D eigenvalue weighted by Crippen LogP contribution is -2.53. The molecule has 0 radical (unpaired) electrons. The van der Waals surface area contributed by atoms with Crippen LogP contribution in [0.5, 0.6) is 0 Å². The molecule has 1 aliphatic heterocycles. The van der Waals surface area contributed by atoms with Crippen molar-refractivity contribution >= 4 is 40.1 Å². The van der Waals surface area contributed by atoms with E-state index in [1.54, 1.807) is 0 Å². The van der Waals surface area contributed by atoms with Crippen LogP contribution in [0.1, 0.15) is 6.92 Å². The molecule has 0 amide bonds. The molecule has 0 unspecified atom stereocenters. The van der Waals surface area contributed by atoms with E-state index in [1.165, 1.54) is 15.2 Å². The summed E-state index contributed by atoms with van der Waals surface area (Å²) in [5.74, 6) is -3.32. The number of nitrogens with zero attached hydrogens (tertiary/aromatic N) is 1. The van der Waals surface area contributed by atoms with Crippen LogP contribution in [0.25, 0.3) is 0 Å². The van der Waals surface area contributed by atoms with Crippen molar-refractivity contribution in [2.75, 3.05) is 23.4 Å². The van der Waals surface area contributed by atoms with Crippen LogP contribution in [-0.4, -0.2) is 62.0 Å². The predicted molar refractivity (Wildman–Crippen MR) is 68.9 cm³/mol. The lowest BCUT2D eigenvalue weighted by atomic mass is 11.0. The van der Waals surface area contributed by atoms with Gasteiger partial charge in [0.05, 0.1) is 5.75 Å². The minimum absolute atomic E-state index is 0.496. The van der Waals surface area contributed by atoms with Crippen LogP contribution in [0.4, 0.5) is 0 Å².